The zero-order valence-corrected chi connectivity index (χ0v) is 13.6. The molecular weight excluding hydrogens is 332 g/mol. The van der Waals surface area contributed by atoms with Crippen LogP contribution in [0.3, 0.4) is 0 Å². The number of nitrogen functional groups attached to an aromatic ring is 1. The molecule has 0 aliphatic heterocycles. The van der Waals surface area contributed by atoms with E-state index in [4.69, 9.17) is 17.3 Å². The maximum atomic E-state index is 12.5. The molecule has 0 amide bonds. The number of fused-ring (bicyclic) bond motifs is 1. The highest BCUT2D eigenvalue weighted by Crippen LogP contribution is 2.42. The van der Waals surface area contributed by atoms with E-state index in [-0.39, 0.29) is 5.78 Å². The summed E-state index contributed by atoms with van der Waals surface area (Å²) in [6.07, 6.45) is 1.95. The Kier molecular flexibility index (Phi) is 3.72. The van der Waals surface area contributed by atoms with Crippen LogP contribution in [0.15, 0.2) is 29.3 Å². The van der Waals surface area contributed by atoms with Gasteiger partial charge in [-0.05, 0) is 42.1 Å². The van der Waals surface area contributed by atoms with Gasteiger partial charge in [0.1, 0.15) is 13.9 Å². The Labute approximate surface area is 132 Å². The third-order valence-electron chi connectivity index (χ3n) is 2.84. The van der Waals surface area contributed by atoms with Gasteiger partial charge in [0.15, 0.2) is 0 Å². The molecule has 102 valence electrons. The van der Waals surface area contributed by atoms with Gasteiger partial charge in [0.05, 0.1) is 11.1 Å². The molecule has 3 rings (SSSR count). The topological polar surface area (TPSA) is 56.0 Å². The van der Waals surface area contributed by atoms with Crippen LogP contribution >= 0.6 is 46.2 Å². The van der Waals surface area contributed by atoms with Gasteiger partial charge in [-0.2, -0.15) is 4.37 Å². The lowest BCUT2D eigenvalue weighted by Crippen LogP contribution is -2.01. The monoisotopic (exact) mass is 340 g/mol. The van der Waals surface area contributed by atoms with E-state index in [0.717, 1.165) is 14.4 Å². The first-order chi connectivity index (χ1) is 9.61. The van der Waals surface area contributed by atoms with Crippen molar-refractivity contribution in [2.24, 2.45) is 0 Å². The number of rotatable bonds is 3. The molecule has 0 spiro atoms. The molecule has 0 atom stereocenters. The number of thiophene rings is 1. The molecule has 0 unspecified atom stereocenters. The van der Waals surface area contributed by atoms with Crippen LogP contribution in [0.4, 0.5) is 5.69 Å². The average molecular weight is 341 g/mol. The lowest BCUT2D eigenvalue weighted by molar-refractivity contribution is 0.104. The maximum absolute atomic E-state index is 12.5. The number of hydrogen-bond acceptors (Lipinski definition) is 6. The zero-order chi connectivity index (χ0) is 14.3. The van der Waals surface area contributed by atoms with Crippen LogP contribution in [0.5, 0.6) is 0 Å². The van der Waals surface area contributed by atoms with Crippen molar-refractivity contribution in [2.45, 2.75) is 5.03 Å². The number of benzene rings is 1. The van der Waals surface area contributed by atoms with Gasteiger partial charge in [0, 0.05) is 10.6 Å². The van der Waals surface area contributed by atoms with Gasteiger partial charge < -0.3 is 5.73 Å². The summed E-state index contributed by atoms with van der Waals surface area (Å²) in [6.45, 7) is 0. The van der Waals surface area contributed by atoms with Crippen LogP contribution in [0.2, 0.25) is 5.02 Å². The minimum Gasteiger partial charge on any atom is -0.397 e. The first-order valence-electron chi connectivity index (χ1n) is 5.63. The van der Waals surface area contributed by atoms with Crippen molar-refractivity contribution in [3.63, 3.8) is 0 Å². The van der Waals surface area contributed by atoms with Crippen LogP contribution in [-0.4, -0.2) is 16.4 Å². The van der Waals surface area contributed by atoms with Crippen molar-refractivity contribution in [1.82, 2.24) is 4.37 Å². The van der Waals surface area contributed by atoms with Gasteiger partial charge in [-0.25, -0.2) is 0 Å². The van der Waals surface area contributed by atoms with E-state index < -0.39 is 0 Å². The van der Waals surface area contributed by atoms with E-state index in [2.05, 4.69) is 4.37 Å². The zero-order valence-electron chi connectivity index (χ0n) is 10.3. The van der Waals surface area contributed by atoms with Crippen LogP contribution in [0.1, 0.15) is 15.2 Å². The van der Waals surface area contributed by atoms with Gasteiger partial charge in [0.2, 0.25) is 5.78 Å². The molecule has 2 heterocycles. The van der Waals surface area contributed by atoms with Crippen LogP contribution in [0, 0.1) is 0 Å². The summed E-state index contributed by atoms with van der Waals surface area (Å²) in [4.78, 5) is 13.1. The number of anilines is 1. The normalized spacial score (nSPS) is 11.1. The molecule has 20 heavy (non-hydrogen) atoms. The van der Waals surface area contributed by atoms with E-state index in [9.17, 15) is 4.79 Å². The Balaban J connectivity index is 2.10. The largest absolute Gasteiger partial charge is 0.397 e. The van der Waals surface area contributed by atoms with E-state index in [1.54, 1.807) is 24.3 Å². The summed E-state index contributed by atoms with van der Waals surface area (Å²) in [7, 11) is 0. The average Bonchev–Trinajstić information content (AvgIpc) is 2.99. The van der Waals surface area contributed by atoms with E-state index in [1.807, 2.05) is 6.26 Å². The van der Waals surface area contributed by atoms with Gasteiger partial charge in [-0.1, -0.05) is 11.6 Å². The molecule has 7 heteroatoms. The molecule has 3 aromatic rings. The summed E-state index contributed by atoms with van der Waals surface area (Å²) >= 11 is 10.2. The quantitative estimate of drug-likeness (QED) is 0.561. The molecule has 0 fully saturated rings. The summed E-state index contributed by atoms with van der Waals surface area (Å²) in [5, 5.41) is 2.40. The number of hydrogen-bond donors (Lipinski definition) is 1. The second-order valence-corrected chi connectivity index (χ2v) is 7.32. The van der Waals surface area contributed by atoms with Gasteiger partial charge in [-0.3, -0.25) is 4.79 Å². The minimum atomic E-state index is -0.0698. The third-order valence-corrected chi connectivity index (χ3v) is 6.01. The number of ketones is 1. The molecule has 0 bridgehead atoms. The Bertz CT molecular complexity index is 792. The highest BCUT2D eigenvalue weighted by molar-refractivity contribution is 7.98. The maximum Gasteiger partial charge on any atom is 0.205 e. The van der Waals surface area contributed by atoms with Crippen molar-refractivity contribution in [2.75, 3.05) is 12.0 Å². The smallest absolute Gasteiger partial charge is 0.205 e. The fraction of sp³-hybridized carbons (Fsp3) is 0.0769. The summed E-state index contributed by atoms with van der Waals surface area (Å²) in [5.74, 6) is -0.0698. The molecule has 0 aliphatic rings. The summed E-state index contributed by atoms with van der Waals surface area (Å²) < 4.78 is 5.32. The Morgan fingerprint density at radius 3 is 2.70 bits per heavy atom. The second kappa shape index (κ2) is 5.37. The summed E-state index contributed by atoms with van der Waals surface area (Å²) in [6, 6.07) is 6.84. The molecule has 2 N–H and O–H groups in total. The molecule has 0 aliphatic carbocycles. The molecule has 0 saturated heterocycles. The van der Waals surface area contributed by atoms with Crippen molar-refractivity contribution in [3.05, 3.63) is 39.7 Å². The molecular formula is C13H9ClN2OS3. The number of aromatic nitrogens is 1. The molecule has 3 nitrogen and oxygen atoms in total. The van der Waals surface area contributed by atoms with Crippen LogP contribution in [0.25, 0.3) is 9.40 Å². The first kappa shape index (κ1) is 13.9. The number of nitrogens with zero attached hydrogens (tertiary/aromatic N) is 1. The minimum absolute atomic E-state index is 0.0698. The Morgan fingerprint density at radius 2 is 2.05 bits per heavy atom. The number of nitrogens with two attached hydrogens (primary N) is 1. The first-order valence-corrected chi connectivity index (χ1v) is 8.83. The highest BCUT2D eigenvalue weighted by Gasteiger charge is 2.21. The number of carbonyl (C=O) groups is 1. The highest BCUT2D eigenvalue weighted by atomic mass is 35.5. The van der Waals surface area contributed by atoms with Crippen LogP contribution in [-0.2, 0) is 0 Å². The standard InChI is InChI=1S/C13H9ClN2OS3/c1-18-12-8-9(15)11(19-13(8)20-16-12)10(17)6-2-4-7(14)5-3-6/h2-5H,15H2,1H3. The van der Waals surface area contributed by atoms with Gasteiger partial charge in [0.25, 0.3) is 0 Å². The molecule has 2 aromatic heterocycles. The fourth-order valence-corrected chi connectivity index (χ4v) is 4.92. The van der Waals surface area contributed by atoms with Crippen molar-refractivity contribution < 1.29 is 4.79 Å². The number of carbonyl (C=O) groups excluding carboxylic acids is 1. The molecule has 0 radical (unpaired) electrons. The lowest BCUT2D eigenvalue weighted by Gasteiger charge is -2.00. The van der Waals surface area contributed by atoms with Crippen molar-refractivity contribution >= 4 is 67.1 Å². The fourth-order valence-electron chi connectivity index (χ4n) is 1.86. The molecule has 0 saturated carbocycles. The number of halogens is 1. The van der Waals surface area contributed by atoms with Crippen molar-refractivity contribution in [3.8, 4) is 0 Å². The van der Waals surface area contributed by atoms with E-state index in [0.29, 0.717) is 21.2 Å². The third kappa shape index (κ3) is 2.22. The van der Waals surface area contributed by atoms with Crippen molar-refractivity contribution in [1.29, 1.82) is 0 Å². The molecule has 1 aromatic carbocycles. The summed E-state index contributed by atoms with van der Waals surface area (Å²) in [5.41, 5.74) is 7.27. The van der Waals surface area contributed by atoms with E-state index >= 15 is 0 Å². The van der Waals surface area contributed by atoms with Crippen LogP contribution < -0.4 is 5.73 Å². The predicted molar refractivity (Wildman–Crippen MR) is 88.6 cm³/mol. The van der Waals surface area contributed by atoms with Gasteiger partial charge in [-0.15, -0.1) is 23.1 Å². The number of thioether (sulfide) groups is 1. The Hall–Kier alpha value is -1.08. The van der Waals surface area contributed by atoms with E-state index in [1.165, 1.54) is 34.6 Å². The lowest BCUT2D eigenvalue weighted by atomic mass is 10.1. The SMILES string of the molecule is CSc1nsc2sc(C(=O)c3ccc(Cl)cc3)c(N)c12. The second-order valence-electron chi connectivity index (χ2n) is 4.04. The van der Waals surface area contributed by atoms with Gasteiger partial charge >= 0.3 is 0 Å². The Morgan fingerprint density at radius 1 is 1.35 bits per heavy atom. The predicted octanol–water partition coefficient (Wildman–Crippen LogP) is 4.55.